The van der Waals surface area contributed by atoms with Gasteiger partial charge >= 0.3 is 5.97 Å². The third kappa shape index (κ3) is 4.72. The first-order valence-corrected chi connectivity index (χ1v) is 11.0. The molecule has 1 aromatic carbocycles. The first-order valence-electron chi connectivity index (χ1n) is 8.64. The standard InChI is InChI=1S/C17H20N4O6S2/c1-10-7-12(16(23)24)8-14(11(10)2)29(25,26)20-19-15(22)13-9-28-17(18-13)21-3-5-27-6-4-21/h7-9,20H,3-6H2,1-2H3,(H,19,22)(H,23,24). The van der Waals surface area contributed by atoms with Gasteiger partial charge in [0.15, 0.2) is 5.13 Å². The van der Waals surface area contributed by atoms with Gasteiger partial charge in [-0.25, -0.2) is 18.2 Å². The van der Waals surface area contributed by atoms with Gasteiger partial charge in [-0.15, -0.1) is 16.2 Å². The van der Waals surface area contributed by atoms with Crippen LogP contribution < -0.4 is 15.2 Å². The molecule has 0 saturated carbocycles. The smallest absolute Gasteiger partial charge is 0.335 e. The number of thiazole rings is 1. The molecule has 0 atom stereocenters. The van der Waals surface area contributed by atoms with E-state index < -0.39 is 21.9 Å². The minimum atomic E-state index is -4.18. The number of morpholine rings is 1. The number of aromatic nitrogens is 1. The molecule has 3 rings (SSSR count). The number of hydrazine groups is 1. The Balaban J connectivity index is 1.73. The SMILES string of the molecule is Cc1cc(C(=O)O)cc(S(=O)(=O)NNC(=O)c2csc(N3CCOCC3)n2)c1C. The Bertz CT molecular complexity index is 1040. The van der Waals surface area contributed by atoms with Gasteiger partial charge in [0.25, 0.3) is 15.9 Å². The number of carbonyl (C=O) groups excluding carboxylic acids is 1. The predicted molar refractivity (Wildman–Crippen MR) is 106 cm³/mol. The molecule has 1 fully saturated rings. The van der Waals surface area contributed by atoms with E-state index in [0.717, 1.165) is 6.07 Å². The van der Waals surface area contributed by atoms with Crippen LogP contribution in [0.5, 0.6) is 0 Å². The molecule has 1 aromatic heterocycles. The fourth-order valence-electron chi connectivity index (χ4n) is 2.73. The number of benzene rings is 1. The lowest BCUT2D eigenvalue weighted by molar-refractivity contribution is 0.0696. The number of carboxylic acid groups (broad SMARTS) is 1. The summed E-state index contributed by atoms with van der Waals surface area (Å²) in [7, 11) is -4.18. The van der Waals surface area contributed by atoms with E-state index in [-0.39, 0.29) is 16.2 Å². The zero-order valence-electron chi connectivity index (χ0n) is 15.8. The van der Waals surface area contributed by atoms with Crippen molar-refractivity contribution in [3.63, 3.8) is 0 Å². The number of hydrogen-bond acceptors (Lipinski definition) is 8. The predicted octanol–water partition coefficient (Wildman–Crippen LogP) is 0.918. The van der Waals surface area contributed by atoms with Crippen molar-refractivity contribution in [1.82, 2.24) is 15.2 Å². The van der Waals surface area contributed by atoms with E-state index in [9.17, 15) is 18.0 Å². The molecule has 1 aliphatic heterocycles. The number of sulfonamides is 1. The molecule has 0 spiro atoms. The maximum Gasteiger partial charge on any atom is 0.335 e. The van der Waals surface area contributed by atoms with Crippen molar-refractivity contribution in [3.05, 3.63) is 39.9 Å². The van der Waals surface area contributed by atoms with Crippen LogP contribution in [-0.4, -0.2) is 56.7 Å². The van der Waals surface area contributed by atoms with Gasteiger partial charge in [-0.3, -0.25) is 10.2 Å². The third-order valence-corrected chi connectivity index (χ3v) is 6.74. The molecule has 0 unspecified atom stereocenters. The van der Waals surface area contributed by atoms with Crippen LogP contribution in [0.3, 0.4) is 0 Å². The van der Waals surface area contributed by atoms with Gasteiger partial charge in [0.2, 0.25) is 0 Å². The van der Waals surface area contributed by atoms with E-state index >= 15 is 0 Å². The molecule has 29 heavy (non-hydrogen) atoms. The van der Waals surface area contributed by atoms with E-state index in [4.69, 9.17) is 9.84 Å². The minimum absolute atomic E-state index is 0.0754. The molecule has 0 aliphatic carbocycles. The summed E-state index contributed by atoms with van der Waals surface area (Å²) < 4.78 is 30.5. The van der Waals surface area contributed by atoms with Crippen LogP contribution in [0.1, 0.15) is 32.0 Å². The average Bonchev–Trinajstić information content (AvgIpc) is 3.19. The van der Waals surface area contributed by atoms with Gasteiger partial charge in [0.05, 0.1) is 23.7 Å². The van der Waals surface area contributed by atoms with Gasteiger partial charge in [0.1, 0.15) is 5.69 Å². The Morgan fingerprint density at radius 3 is 2.59 bits per heavy atom. The highest BCUT2D eigenvalue weighted by atomic mass is 32.2. The lowest BCUT2D eigenvalue weighted by Crippen LogP contribution is -2.42. The first kappa shape index (κ1) is 21.2. The number of carboxylic acids is 1. The second-order valence-corrected chi connectivity index (χ2v) is 8.88. The van der Waals surface area contributed by atoms with E-state index in [1.165, 1.54) is 22.8 Å². The molecule has 1 aliphatic rings. The highest BCUT2D eigenvalue weighted by molar-refractivity contribution is 7.89. The summed E-state index contributed by atoms with van der Waals surface area (Å²) in [6, 6.07) is 2.44. The number of amides is 1. The molecule has 156 valence electrons. The van der Waals surface area contributed by atoms with Gasteiger partial charge in [-0.05, 0) is 37.1 Å². The number of ether oxygens (including phenoxy) is 1. The summed E-state index contributed by atoms with van der Waals surface area (Å²) in [6.07, 6.45) is 0. The maximum atomic E-state index is 12.6. The fourth-order valence-corrected chi connectivity index (χ4v) is 4.77. The van der Waals surface area contributed by atoms with Gasteiger partial charge in [-0.1, -0.05) is 0 Å². The van der Waals surface area contributed by atoms with Crippen molar-refractivity contribution in [2.24, 2.45) is 0 Å². The topological polar surface area (TPSA) is 138 Å². The Morgan fingerprint density at radius 2 is 1.93 bits per heavy atom. The van der Waals surface area contributed by atoms with Crippen LogP contribution in [-0.2, 0) is 14.8 Å². The second-order valence-electron chi connectivity index (χ2n) is 6.40. The number of rotatable bonds is 6. The Kier molecular flexibility index (Phi) is 6.17. The lowest BCUT2D eigenvalue weighted by Gasteiger charge is -2.25. The van der Waals surface area contributed by atoms with Crippen molar-refractivity contribution < 1.29 is 27.9 Å². The minimum Gasteiger partial charge on any atom is -0.478 e. The Morgan fingerprint density at radius 1 is 1.24 bits per heavy atom. The number of carbonyl (C=O) groups is 2. The molecular formula is C17H20N4O6S2. The van der Waals surface area contributed by atoms with Crippen molar-refractivity contribution in [3.8, 4) is 0 Å². The van der Waals surface area contributed by atoms with Gasteiger partial charge < -0.3 is 14.7 Å². The van der Waals surface area contributed by atoms with E-state index in [0.29, 0.717) is 42.6 Å². The summed E-state index contributed by atoms with van der Waals surface area (Å²) in [4.78, 5) is 31.6. The average molecular weight is 441 g/mol. The van der Waals surface area contributed by atoms with Crippen LogP contribution in [0.25, 0.3) is 0 Å². The van der Waals surface area contributed by atoms with Crippen LogP contribution >= 0.6 is 11.3 Å². The van der Waals surface area contributed by atoms with Crippen molar-refractivity contribution in [2.75, 3.05) is 31.2 Å². The third-order valence-electron chi connectivity index (χ3n) is 4.46. The highest BCUT2D eigenvalue weighted by Crippen LogP contribution is 2.22. The first-order chi connectivity index (χ1) is 13.7. The van der Waals surface area contributed by atoms with Crippen LogP contribution in [0.2, 0.25) is 0 Å². The molecule has 12 heteroatoms. The van der Waals surface area contributed by atoms with Crippen molar-refractivity contribution in [2.45, 2.75) is 18.7 Å². The number of nitrogens with zero attached hydrogens (tertiary/aromatic N) is 2. The van der Waals surface area contributed by atoms with Gasteiger partial charge in [-0.2, -0.15) is 0 Å². The van der Waals surface area contributed by atoms with Crippen molar-refractivity contribution >= 4 is 38.4 Å². The Labute approximate surface area is 171 Å². The summed E-state index contributed by atoms with van der Waals surface area (Å²) in [6.45, 7) is 5.66. The number of aryl methyl sites for hydroxylation is 1. The quantitative estimate of drug-likeness (QED) is 0.564. The zero-order valence-corrected chi connectivity index (χ0v) is 17.4. The van der Waals surface area contributed by atoms with Crippen LogP contribution in [0.4, 0.5) is 5.13 Å². The monoisotopic (exact) mass is 440 g/mol. The summed E-state index contributed by atoms with van der Waals surface area (Å²) >= 11 is 1.28. The number of nitrogens with one attached hydrogen (secondary N) is 2. The van der Waals surface area contributed by atoms with Crippen LogP contribution in [0, 0.1) is 13.8 Å². The lowest BCUT2D eigenvalue weighted by atomic mass is 10.1. The summed E-state index contributed by atoms with van der Waals surface area (Å²) in [5.74, 6) is -1.96. The van der Waals surface area contributed by atoms with Crippen molar-refractivity contribution in [1.29, 1.82) is 0 Å². The molecule has 3 N–H and O–H groups in total. The van der Waals surface area contributed by atoms with Gasteiger partial charge in [0, 0.05) is 18.5 Å². The van der Waals surface area contributed by atoms with E-state index in [2.05, 4.69) is 10.4 Å². The molecule has 1 amide bonds. The number of anilines is 1. The molecular weight excluding hydrogens is 420 g/mol. The van der Waals surface area contributed by atoms with Crippen LogP contribution in [0.15, 0.2) is 22.4 Å². The number of hydrogen-bond donors (Lipinski definition) is 3. The Hall–Kier alpha value is -2.54. The molecule has 1 saturated heterocycles. The molecule has 0 bridgehead atoms. The molecule has 10 nitrogen and oxygen atoms in total. The van der Waals surface area contributed by atoms with E-state index in [1.807, 2.05) is 9.73 Å². The summed E-state index contributed by atoms with van der Waals surface area (Å²) in [5.41, 5.74) is 2.94. The molecule has 0 radical (unpaired) electrons. The largest absolute Gasteiger partial charge is 0.478 e. The molecule has 2 heterocycles. The highest BCUT2D eigenvalue weighted by Gasteiger charge is 2.23. The normalized spacial score (nSPS) is 14.6. The maximum absolute atomic E-state index is 12.6. The van der Waals surface area contributed by atoms with E-state index in [1.54, 1.807) is 13.8 Å². The molecule has 2 aromatic rings. The fraction of sp³-hybridized carbons (Fsp3) is 0.353. The second kappa shape index (κ2) is 8.45. The summed E-state index contributed by atoms with van der Waals surface area (Å²) in [5, 5.41) is 11.4. The number of aromatic carboxylic acids is 1. The zero-order chi connectivity index (χ0) is 21.2.